The number of rotatable bonds is 6. The average Bonchev–Trinajstić information content (AvgIpc) is 2.81. The quantitative estimate of drug-likeness (QED) is 0.557. The smallest absolute Gasteiger partial charge is 0.188 e. The van der Waals surface area contributed by atoms with Gasteiger partial charge in [0.05, 0.1) is 6.54 Å². The van der Waals surface area contributed by atoms with E-state index in [9.17, 15) is 0 Å². The van der Waals surface area contributed by atoms with Crippen molar-refractivity contribution in [3.8, 4) is 0 Å². The molecule has 0 aromatic carbocycles. The summed E-state index contributed by atoms with van der Waals surface area (Å²) in [7, 11) is 0. The highest BCUT2D eigenvalue weighted by Gasteiger charge is 2.20. The zero-order chi connectivity index (χ0) is 12.8. The van der Waals surface area contributed by atoms with Gasteiger partial charge in [-0.05, 0) is 51.1 Å². The summed E-state index contributed by atoms with van der Waals surface area (Å²) in [5.41, 5.74) is 5.92. The van der Waals surface area contributed by atoms with E-state index in [1.54, 1.807) is 0 Å². The second-order valence-electron chi connectivity index (χ2n) is 5.71. The summed E-state index contributed by atoms with van der Waals surface area (Å²) >= 11 is 0. The molecule has 104 valence electrons. The summed E-state index contributed by atoms with van der Waals surface area (Å²) < 4.78 is 0. The van der Waals surface area contributed by atoms with Crippen LogP contribution in [0.25, 0.3) is 0 Å². The van der Waals surface area contributed by atoms with Gasteiger partial charge in [-0.15, -0.1) is 0 Å². The molecular weight excluding hydrogens is 224 g/mol. The van der Waals surface area contributed by atoms with E-state index >= 15 is 0 Å². The fourth-order valence-corrected chi connectivity index (χ4v) is 2.81. The molecule has 0 bridgehead atoms. The van der Waals surface area contributed by atoms with Crippen LogP contribution in [0.1, 0.15) is 45.4 Å². The Morgan fingerprint density at radius 1 is 1.33 bits per heavy atom. The molecule has 18 heavy (non-hydrogen) atoms. The lowest BCUT2D eigenvalue weighted by Crippen LogP contribution is -2.39. The van der Waals surface area contributed by atoms with Crippen LogP contribution in [-0.2, 0) is 0 Å². The molecule has 1 unspecified atom stereocenters. The van der Waals surface area contributed by atoms with Crippen LogP contribution < -0.4 is 11.1 Å². The fraction of sp³-hybridized carbons (Fsp3) is 0.929. The lowest BCUT2D eigenvalue weighted by molar-refractivity contribution is 0.242. The maximum absolute atomic E-state index is 5.92. The highest BCUT2D eigenvalue weighted by atomic mass is 15.2. The molecular formula is C14H28N4. The van der Waals surface area contributed by atoms with Crippen LogP contribution in [0.15, 0.2) is 4.99 Å². The number of nitrogens with two attached hydrogens (primary N) is 1. The van der Waals surface area contributed by atoms with Crippen molar-refractivity contribution < 1.29 is 0 Å². The van der Waals surface area contributed by atoms with Crippen molar-refractivity contribution >= 4 is 5.96 Å². The third-order valence-corrected chi connectivity index (χ3v) is 4.40. The Balaban J connectivity index is 1.68. The second kappa shape index (κ2) is 6.98. The zero-order valence-electron chi connectivity index (χ0n) is 11.7. The van der Waals surface area contributed by atoms with Crippen molar-refractivity contribution in [2.24, 2.45) is 16.6 Å². The number of guanidine groups is 1. The molecule has 1 saturated heterocycles. The number of aliphatic imine (C=N–C) groups is 1. The Kier molecular flexibility index (Phi) is 5.29. The summed E-state index contributed by atoms with van der Waals surface area (Å²) in [6.45, 7) is 6.58. The molecule has 1 atom stereocenters. The molecule has 1 aliphatic carbocycles. The van der Waals surface area contributed by atoms with Gasteiger partial charge in [0.1, 0.15) is 0 Å². The molecule has 2 fully saturated rings. The second-order valence-corrected chi connectivity index (χ2v) is 5.71. The third-order valence-electron chi connectivity index (χ3n) is 4.40. The lowest BCUT2D eigenvalue weighted by Gasteiger charge is -2.26. The molecule has 1 heterocycles. The van der Waals surface area contributed by atoms with Gasteiger partial charge in [0.2, 0.25) is 0 Å². The van der Waals surface area contributed by atoms with Gasteiger partial charge in [-0.3, -0.25) is 9.89 Å². The molecule has 0 aromatic rings. The van der Waals surface area contributed by atoms with E-state index in [4.69, 9.17) is 5.73 Å². The van der Waals surface area contributed by atoms with Gasteiger partial charge in [-0.2, -0.15) is 0 Å². The summed E-state index contributed by atoms with van der Waals surface area (Å²) in [6.07, 6.45) is 7.94. The van der Waals surface area contributed by atoms with Crippen molar-refractivity contribution in [1.82, 2.24) is 10.2 Å². The molecule has 1 aliphatic heterocycles. The van der Waals surface area contributed by atoms with Crippen LogP contribution in [0.5, 0.6) is 0 Å². The lowest BCUT2D eigenvalue weighted by atomic mass is 9.85. The monoisotopic (exact) mass is 252 g/mol. The van der Waals surface area contributed by atoms with E-state index in [1.807, 2.05) is 0 Å². The largest absolute Gasteiger partial charge is 0.370 e. The average molecular weight is 252 g/mol. The van der Waals surface area contributed by atoms with Crippen molar-refractivity contribution in [2.45, 2.75) is 51.5 Å². The summed E-state index contributed by atoms with van der Waals surface area (Å²) in [5, 5.41) is 3.26. The van der Waals surface area contributed by atoms with E-state index < -0.39 is 0 Å². The van der Waals surface area contributed by atoms with Crippen LogP contribution in [0.4, 0.5) is 0 Å². The van der Waals surface area contributed by atoms with E-state index in [-0.39, 0.29) is 0 Å². The number of hydrogen-bond acceptors (Lipinski definition) is 2. The van der Waals surface area contributed by atoms with E-state index in [0.717, 1.165) is 19.0 Å². The number of likely N-dealkylation sites (tertiary alicyclic amines) is 1. The first kappa shape index (κ1) is 13.7. The summed E-state index contributed by atoms with van der Waals surface area (Å²) in [5.74, 6) is 1.47. The Morgan fingerprint density at radius 3 is 2.61 bits per heavy atom. The van der Waals surface area contributed by atoms with Crippen LogP contribution in [-0.4, -0.2) is 43.1 Å². The fourth-order valence-electron chi connectivity index (χ4n) is 2.81. The normalized spacial score (nSPS) is 23.9. The van der Waals surface area contributed by atoms with Crippen LogP contribution in [0.2, 0.25) is 0 Å². The van der Waals surface area contributed by atoms with Gasteiger partial charge in [0.15, 0.2) is 5.96 Å². The first-order valence-corrected chi connectivity index (χ1v) is 7.57. The van der Waals surface area contributed by atoms with E-state index in [0.29, 0.717) is 12.0 Å². The molecule has 0 spiro atoms. The van der Waals surface area contributed by atoms with Crippen molar-refractivity contribution in [3.63, 3.8) is 0 Å². The molecule has 0 amide bonds. The first-order chi connectivity index (χ1) is 8.79. The van der Waals surface area contributed by atoms with Crippen LogP contribution in [0, 0.1) is 5.92 Å². The van der Waals surface area contributed by atoms with Gasteiger partial charge in [0, 0.05) is 12.6 Å². The highest BCUT2D eigenvalue weighted by molar-refractivity contribution is 5.77. The van der Waals surface area contributed by atoms with Crippen molar-refractivity contribution in [1.29, 1.82) is 0 Å². The summed E-state index contributed by atoms with van der Waals surface area (Å²) in [6, 6.07) is 0.580. The minimum atomic E-state index is 0.580. The molecule has 0 aromatic heterocycles. The predicted molar refractivity (Wildman–Crippen MR) is 76.7 cm³/mol. The maximum atomic E-state index is 5.92. The molecule has 4 heteroatoms. The summed E-state index contributed by atoms with van der Waals surface area (Å²) in [4.78, 5) is 7.07. The van der Waals surface area contributed by atoms with Gasteiger partial charge < -0.3 is 11.1 Å². The highest BCUT2D eigenvalue weighted by Crippen LogP contribution is 2.24. The predicted octanol–water partition coefficient (Wildman–Crippen LogP) is 1.57. The molecule has 3 N–H and O–H groups in total. The molecule has 4 nitrogen and oxygen atoms in total. The van der Waals surface area contributed by atoms with Crippen LogP contribution >= 0.6 is 0 Å². The van der Waals surface area contributed by atoms with E-state index in [1.165, 1.54) is 51.6 Å². The van der Waals surface area contributed by atoms with Crippen LogP contribution in [0.3, 0.4) is 0 Å². The Hall–Kier alpha value is -0.770. The van der Waals surface area contributed by atoms with Gasteiger partial charge in [0.25, 0.3) is 0 Å². The minimum Gasteiger partial charge on any atom is -0.370 e. The minimum absolute atomic E-state index is 0.580. The molecule has 2 aliphatic rings. The van der Waals surface area contributed by atoms with Crippen molar-refractivity contribution in [2.75, 3.05) is 26.2 Å². The third kappa shape index (κ3) is 3.87. The van der Waals surface area contributed by atoms with Crippen molar-refractivity contribution in [3.05, 3.63) is 0 Å². The van der Waals surface area contributed by atoms with E-state index in [2.05, 4.69) is 22.1 Å². The SMILES string of the molecule is CCC(CN=C(N)NCC1CCC1)N1CCCC1. The topological polar surface area (TPSA) is 53.6 Å². The first-order valence-electron chi connectivity index (χ1n) is 7.57. The van der Waals surface area contributed by atoms with Gasteiger partial charge in [-0.1, -0.05) is 13.3 Å². The Bertz CT molecular complexity index is 267. The van der Waals surface area contributed by atoms with Gasteiger partial charge in [-0.25, -0.2) is 0 Å². The molecule has 1 saturated carbocycles. The number of hydrogen-bond donors (Lipinski definition) is 2. The maximum Gasteiger partial charge on any atom is 0.188 e. The number of nitrogens with one attached hydrogen (secondary N) is 1. The number of nitrogens with zero attached hydrogens (tertiary/aromatic N) is 2. The standard InChI is InChI=1S/C14H28N4/c1-2-13(18-8-3-4-9-18)11-17-14(15)16-10-12-6-5-7-12/h12-13H,2-11H2,1H3,(H3,15,16,17). The Labute approximate surface area is 111 Å². The Morgan fingerprint density at radius 2 is 2.06 bits per heavy atom. The molecule has 2 rings (SSSR count). The molecule has 0 radical (unpaired) electrons. The zero-order valence-corrected chi connectivity index (χ0v) is 11.7. The van der Waals surface area contributed by atoms with Gasteiger partial charge >= 0.3 is 0 Å².